The highest BCUT2D eigenvalue weighted by atomic mass is 16.1. The molecule has 0 bridgehead atoms. The molecule has 2 nitrogen and oxygen atoms in total. The first-order chi connectivity index (χ1) is 6.50. The van der Waals surface area contributed by atoms with Gasteiger partial charge in [0.15, 0.2) is 0 Å². The molecule has 0 aliphatic rings. The number of carbonyl (C=O) groups is 1. The Labute approximate surface area is 85.1 Å². The monoisotopic (exact) mass is 191 g/mol. The first kappa shape index (κ1) is 10.8. The van der Waals surface area contributed by atoms with Crippen molar-refractivity contribution >= 4 is 5.91 Å². The predicted molar refractivity (Wildman–Crippen MR) is 58.0 cm³/mol. The van der Waals surface area contributed by atoms with E-state index in [1.165, 1.54) is 5.56 Å². The fourth-order valence-corrected chi connectivity index (χ4v) is 1.44. The molecule has 0 radical (unpaired) electrons. The van der Waals surface area contributed by atoms with Crippen molar-refractivity contribution in [3.8, 4) is 0 Å². The lowest BCUT2D eigenvalue weighted by Gasteiger charge is -2.24. The van der Waals surface area contributed by atoms with Gasteiger partial charge in [0.05, 0.1) is 5.41 Å². The van der Waals surface area contributed by atoms with Crippen LogP contribution in [0.15, 0.2) is 24.3 Å². The van der Waals surface area contributed by atoms with Gasteiger partial charge in [-0.2, -0.15) is 0 Å². The molecule has 76 valence electrons. The first-order valence-corrected chi connectivity index (χ1v) is 4.87. The number of amides is 1. The van der Waals surface area contributed by atoms with Gasteiger partial charge in [0, 0.05) is 0 Å². The molecule has 0 aliphatic carbocycles. The van der Waals surface area contributed by atoms with Crippen molar-refractivity contribution in [3.63, 3.8) is 0 Å². The third-order valence-corrected chi connectivity index (χ3v) is 2.94. The number of hydrogen-bond acceptors (Lipinski definition) is 1. The summed E-state index contributed by atoms with van der Waals surface area (Å²) in [6.45, 7) is 5.89. The number of rotatable bonds is 3. The largest absolute Gasteiger partial charge is 0.369 e. The summed E-state index contributed by atoms with van der Waals surface area (Å²) >= 11 is 0. The summed E-state index contributed by atoms with van der Waals surface area (Å²) < 4.78 is 0. The molecule has 1 aromatic carbocycles. The molecule has 0 fully saturated rings. The highest BCUT2D eigenvalue weighted by molar-refractivity contribution is 5.86. The number of hydrogen-bond donors (Lipinski definition) is 1. The SMILES string of the molecule is CCC(C)(C(N)=O)c1ccc(C)cc1. The molecule has 2 heteroatoms. The van der Waals surface area contributed by atoms with Crippen molar-refractivity contribution < 1.29 is 4.79 Å². The van der Waals surface area contributed by atoms with E-state index in [1.807, 2.05) is 45.0 Å². The minimum Gasteiger partial charge on any atom is -0.369 e. The summed E-state index contributed by atoms with van der Waals surface area (Å²) in [4.78, 5) is 11.4. The van der Waals surface area contributed by atoms with Crippen molar-refractivity contribution in [2.24, 2.45) is 5.73 Å². The number of nitrogens with two attached hydrogens (primary N) is 1. The molecule has 1 unspecified atom stereocenters. The molecule has 0 aliphatic heterocycles. The van der Waals surface area contributed by atoms with Crippen molar-refractivity contribution in [3.05, 3.63) is 35.4 Å². The van der Waals surface area contributed by atoms with E-state index in [4.69, 9.17) is 5.73 Å². The predicted octanol–water partition coefficient (Wildman–Crippen LogP) is 2.15. The van der Waals surface area contributed by atoms with Crippen molar-refractivity contribution in [2.75, 3.05) is 0 Å². The van der Waals surface area contributed by atoms with Gasteiger partial charge in [-0.3, -0.25) is 4.79 Å². The maximum Gasteiger partial charge on any atom is 0.227 e. The van der Waals surface area contributed by atoms with Crippen LogP contribution in [0.1, 0.15) is 31.4 Å². The topological polar surface area (TPSA) is 43.1 Å². The van der Waals surface area contributed by atoms with E-state index in [0.717, 1.165) is 12.0 Å². The highest BCUT2D eigenvalue weighted by Crippen LogP contribution is 2.27. The number of aryl methyl sites for hydroxylation is 1. The molecule has 1 aromatic rings. The lowest BCUT2D eigenvalue weighted by atomic mass is 9.79. The molecule has 0 saturated carbocycles. The van der Waals surface area contributed by atoms with Crippen LogP contribution >= 0.6 is 0 Å². The summed E-state index contributed by atoms with van der Waals surface area (Å²) in [5, 5.41) is 0. The molecule has 1 atom stereocenters. The van der Waals surface area contributed by atoms with Gasteiger partial charge in [-0.05, 0) is 25.8 Å². The van der Waals surface area contributed by atoms with E-state index >= 15 is 0 Å². The van der Waals surface area contributed by atoms with Crippen LogP contribution < -0.4 is 5.73 Å². The van der Waals surface area contributed by atoms with E-state index < -0.39 is 5.41 Å². The molecular weight excluding hydrogens is 174 g/mol. The lowest BCUT2D eigenvalue weighted by Crippen LogP contribution is -2.37. The summed E-state index contributed by atoms with van der Waals surface area (Å²) in [6, 6.07) is 7.96. The molecule has 1 rings (SSSR count). The normalized spacial score (nSPS) is 14.8. The zero-order chi connectivity index (χ0) is 10.8. The van der Waals surface area contributed by atoms with E-state index in [1.54, 1.807) is 0 Å². The molecule has 0 saturated heterocycles. The fourth-order valence-electron chi connectivity index (χ4n) is 1.44. The van der Waals surface area contributed by atoms with Gasteiger partial charge in [-0.25, -0.2) is 0 Å². The molecule has 0 spiro atoms. The summed E-state index contributed by atoms with van der Waals surface area (Å²) in [5.74, 6) is -0.260. The quantitative estimate of drug-likeness (QED) is 0.781. The van der Waals surface area contributed by atoms with Gasteiger partial charge in [-0.15, -0.1) is 0 Å². The zero-order valence-corrected chi connectivity index (χ0v) is 9.00. The Morgan fingerprint density at radius 2 is 1.86 bits per heavy atom. The first-order valence-electron chi connectivity index (χ1n) is 4.87. The molecule has 1 amide bonds. The van der Waals surface area contributed by atoms with Crippen molar-refractivity contribution in [1.29, 1.82) is 0 Å². The third kappa shape index (κ3) is 1.79. The van der Waals surface area contributed by atoms with Gasteiger partial charge >= 0.3 is 0 Å². The summed E-state index contributed by atoms with van der Waals surface area (Å²) in [7, 11) is 0. The zero-order valence-electron chi connectivity index (χ0n) is 9.00. The second-order valence-electron chi connectivity index (χ2n) is 3.92. The Bertz CT molecular complexity index is 329. The Kier molecular flexibility index (Phi) is 2.94. The van der Waals surface area contributed by atoms with E-state index in [9.17, 15) is 4.79 Å². The van der Waals surface area contributed by atoms with Gasteiger partial charge in [-0.1, -0.05) is 36.8 Å². The second kappa shape index (κ2) is 3.82. The maximum absolute atomic E-state index is 11.4. The smallest absolute Gasteiger partial charge is 0.227 e. The third-order valence-electron chi connectivity index (χ3n) is 2.94. The van der Waals surface area contributed by atoms with Crippen LogP contribution in [0.2, 0.25) is 0 Å². The van der Waals surface area contributed by atoms with Crippen molar-refractivity contribution in [1.82, 2.24) is 0 Å². The van der Waals surface area contributed by atoms with Crippen LogP contribution in [0.25, 0.3) is 0 Å². The summed E-state index contributed by atoms with van der Waals surface area (Å²) in [5.41, 5.74) is 7.07. The van der Waals surface area contributed by atoms with Gasteiger partial charge in [0.25, 0.3) is 0 Å². The van der Waals surface area contributed by atoms with E-state index in [-0.39, 0.29) is 5.91 Å². The van der Waals surface area contributed by atoms with Gasteiger partial charge in [0.2, 0.25) is 5.91 Å². The van der Waals surface area contributed by atoms with Gasteiger partial charge in [0.1, 0.15) is 0 Å². The number of benzene rings is 1. The summed E-state index contributed by atoms with van der Waals surface area (Å²) in [6.07, 6.45) is 0.728. The average Bonchev–Trinajstić information content (AvgIpc) is 2.17. The molecule has 14 heavy (non-hydrogen) atoms. The van der Waals surface area contributed by atoms with Crippen LogP contribution in [-0.2, 0) is 10.2 Å². The minimum absolute atomic E-state index is 0.260. The Hall–Kier alpha value is -1.31. The van der Waals surface area contributed by atoms with Crippen LogP contribution in [-0.4, -0.2) is 5.91 Å². The van der Waals surface area contributed by atoms with Crippen LogP contribution in [0.3, 0.4) is 0 Å². The number of primary amides is 1. The molecular formula is C12H17NO. The average molecular weight is 191 g/mol. The Morgan fingerprint density at radius 3 is 2.21 bits per heavy atom. The highest BCUT2D eigenvalue weighted by Gasteiger charge is 2.30. The molecule has 0 heterocycles. The second-order valence-corrected chi connectivity index (χ2v) is 3.92. The Balaban J connectivity index is 3.13. The number of carbonyl (C=O) groups excluding carboxylic acids is 1. The van der Waals surface area contributed by atoms with Crippen LogP contribution in [0.5, 0.6) is 0 Å². The van der Waals surface area contributed by atoms with E-state index in [0.29, 0.717) is 0 Å². The molecule has 0 aromatic heterocycles. The van der Waals surface area contributed by atoms with Crippen LogP contribution in [0, 0.1) is 6.92 Å². The standard InChI is InChI=1S/C12H17NO/c1-4-12(3,11(13)14)10-7-5-9(2)6-8-10/h5-8H,4H2,1-3H3,(H2,13,14). The Morgan fingerprint density at radius 1 is 1.36 bits per heavy atom. The van der Waals surface area contributed by atoms with Crippen LogP contribution in [0.4, 0.5) is 0 Å². The minimum atomic E-state index is -0.534. The van der Waals surface area contributed by atoms with Gasteiger partial charge < -0.3 is 5.73 Å². The lowest BCUT2D eigenvalue weighted by molar-refractivity contribution is -0.123. The fraction of sp³-hybridized carbons (Fsp3) is 0.417. The maximum atomic E-state index is 11.4. The van der Waals surface area contributed by atoms with E-state index in [2.05, 4.69) is 0 Å². The molecule has 2 N–H and O–H groups in total. The van der Waals surface area contributed by atoms with Crippen molar-refractivity contribution in [2.45, 2.75) is 32.6 Å².